The first-order chi connectivity index (χ1) is 17.8. The number of hydrogen-bond donors (Lipinski definition) is 2. The Labute approximate surface area is 218 Å². The van der Waals surface area contributed by atoms with Crippen molar-refractivity contribution in [3.63, 3.8) is 0 Å². The number of aromatic nitrogens is 2. The second kappa shape index (κ2) is 10.5. The van der Waals surface area contributed by atoms with E-state index in [0.29, 0.717) is 40.4 Å². The number of alkyl halides is 3. The van der Waals surface area contributed by atoms with Crippen molar-refractivity contribution in [1.82, 2.24) is 19.8 Å². The maximum Gasteiger partial charge on any atom is 0.416 e. The van der Waals surface area contributed by atoms with Crippen LogP contribution >= 0.6 is 0 Å². The molecule has 1 unspecified atom stereocenters. The zero-order valence-electron chi connectivity index (χ0n) is 21.9. The van der Waals surface area contributed by atoms with Gasteiger partial charge in [0.05, 0.1) is 24.2 Å². The number of nitrogens with two attached hydrogens (primary N) is 1. The number of halogens is 3. The highest BCUT2D eigenvalue weighted by atomic mass is 19.4. The first-order valence-electron chi connectivity index (χ1n) is 12.1. The van der Waals surface area contributed by atoms with E-state index >= 15 is 0 Å². The van der Waals surface area contributed by atoms with Gasteiger partial charge in [0.15, 0.2) is 11.5 Å². The summed E-state index contributed by atoms with van der Waals surface area (Å²) in [6.45, 7) is 7.34. The number of fused-ring (bicyclic) bond motifs is 1. The van der Waals surface area contributed by atoms with Crippen LogP contribution in [0.2, 0.25) is 0 Å². The van der Waals surface area contributed by atoms with E-state index in [1.165, 1.54) is 13.2 Å². The van der Waals surface area contributed by atoms with E-state index in [2.05, 4.69) is 20.2 Å². The Morgan fingerprint density at radius 3 is 2.55 bits per heavy atom. The summed E-state index contributed by atoms with van der Waals surface area (Å²) in [4.78, 5) is 25.7. The zero-order valence-corrected chi connectivity index (χ0v) is 21.9. The molecular weight excluding hydrogens is 501 g/mol. The third kappa shape index (κ3) is 5.85. The molecule has 4 rings (SSSR count). The maximum atomic E-state index is 13.3. The molecule has 0 saturated carbocycles. The lowest BCUT2D eigenvalue weighted by Crippen LogP contribution is -2.53. The minimum atomic E-state index is -4.53. The number of piperazine rings is 1. The molecule has 38 heavy (non-hydrogen) atoms. The first kappa shape index (κ1) is 27.2. The van der Waals surface area contributed by atoms with Crippen LogP contribution in [0.1, 0.15) is 36.8 Å². The van der Waals surface area contributed by atoms with E-state index in [9.17, 15) is 18.0 Å². The zero-order chi connectivity index (χ0) is 27.8. The van der Waals surface area contributed by atoms with Gasteiger partial charge >= 0.3 is 12.3 Å². The number of aryl methyl sites for hydroxylation is 1. The number of nitrogens with zero attached hydrogens (tertiary/aromatic N) is 4. The van der Waals surface area contributed by atoms with Crippen LogP contribution in [0.3, 0.4) is 0 Å². The van der Waals surface area contributed by atoms with E-state index in [1.54, 1.807) is 30.9 Å². The standard InChI is InChI=1S/C26H31F3N6O3/c1-14-13-34(4)6-7-35(14)25(36)38-23-11-20-21(12-22(23)37-5)32-16(3)33-24(20)31-15(2)17-8-18(26(27,28)29)10-19(30)9-17/h8-12,14-15H,6-7,13,30H2,1-5H3,(H,31,32,33)/t14?,15-/m1/s1. The van der Waals surface area contributed by atoms with Crippen LogP contribution in [0.25, 0.3) is 10.9 Å². The van der Waals surface area contributed by atoms with Crippen molar-refractivity contribution in [1.29, 1.82) is 0 Å². The Balaban J connectivity index is 1.68. The van der Waals surface area contributed by atoms with Gasteiger partial charge in [-0.3, -0.25) is 0 Å². The van der Waals surface area contributed by atoms with Crippen molar-refractivity contribution >= 4 is 28.5 Å². The molecule has 1 fully saturated rings. The summed E-state index contributed by atoms with van der Waals surface area (Å²) in [6.07, 6.45) is -5.03. The Bertz CT molecular complexity index is 1350. The number of methoxy groups -OCH3 is 1. The van der Waals surface area contributed by atoms with Gasteiger partial charge in [0.2, 0.25) is 0 Å². The van der Waals surface area contributed by atoms with Crippen LogP contribution in [0, 0.1) is 6.92 Å². The molecular formula is C26H31F3N6O3. The minimum absolute atomic E-state index is 0.00395. The van der Waals surface area contributed by atoms with Gasteiger partial charge in [-0.25, -0.2) is 14.8 Å². The normalized spacial score (nSPS) is 17.4. The van der Waals surface area contributed by atoms with Gasteiger partial charge in [-0.15, -0.1) is 0 Å². The number of hydrogen-bond acceptors (Lipinski definition) is 8. The van der Waals surface area contributed by atoms with Crippen LogP contribution in [0.4, 0.5) is 29.5 Å². The summed E-state index contributed by atoms with van der Waals surface area (Å²) in [5.74, 6) is 1.30. The average Bonchev–Trinajstić information content (AvgIpc) is 2.82. The van der Waals surface area contributed by atoms with Gasteiger partial charge in [0.1, 0.15) is 11.6 Å². The molecule has 1 saturated heterocycles. The third-order valence-electron chi connectivity index (χ3n) is 6.51. The van der Waals surface area contributed by atoms with Gasteiger partial charge in [-0.2, -0.15) is 13.2 Å². The smallest absolute Gasteiger partial charge is 0.416 e. The number of carbonyl (C=O) groups is 1. The van der Waals surface area contributed by atoms with Gasteiger partial charge in [0, 0.05) is 42.8 Å². The summed E-state index contributed by atoms with van der Waals surface area (Å²) in [6, 6.07) is 6.05. The van der Waals surface area contributed by atoms with Gasteiger partial charge in [0.25, 0.3) is 0 Å². The molecule has 9 nitrogen and oxygen atoms in total. The highest BCUT2D eigenvalue weighted by Crippen LogP contribution is 2.37. The van der Waals surface area contributed by atoms with E-state index < -0.39 is 23.9 Å². The van der Waals surface area contributed by atoms with Crippen LogP contribution in [0.15, 0.2) is 30.3 Å². The average molecular weight is 533 g/mol. The lowest BCUT2D eigenvalue weighted by atomic mass is 10.0. The fraction of sp³-hybridized carbons (Fsp3) is 0.423. The molecule has 3 N–H and O–H groups in total. The number of ether oxygens (including phenoxy) is 2. The molecule has 0 spiro atoms. The molecule has 3 aromatic rings. The Morgan fingerprint density at radius 2 is 1.89 bits per heavy atom. The fourth-order valence-corrected chi connectivity index (χ4v) is 4.54. The van der Waals surface area contributed by atoms with Crippen LogP contribution in [-0.2, 0) is 6.18 Å². The monoisotopic (exact) mass is 532 g/mol. The van der Waals surface area contributed by atoms with Crippen molar-refractivity contribution in [3.05, 3.63) is 47.3 Å². The van der Waals surface area contributed by atoms with Gasteiger partial charge < -0.3 is 30.3 Å². The summed E-state index contributed by atoms with van der Waals surface area (Å²) in [5.41, 5.74) is 5.78. The second-order valence-electron chi connectivity index (χ2n) is 9.56. The van der Waals surface area contributed by atoms with Crippen molar-refractivity contribution in [2.45, 2.75) is 39.0 Å². The number of carbonyl (C=O) groups excluding carboxylic acids is 1. The third-order valence-corrected chi connectivity index (χ3v) is 6.51. The number of likely N-dealkylation sites (N-methyl/N-ethyl adjacent to an activating group) is 1. The molecule has 0 aliphatic carbocycles. The highest BCUT2D eigenvalue weighted by Gasteiger charge is 2.32. The number of benzene rings is 2. The first-order valence-corrected chi connectivity index (χ1v) is 12.1. The molecule has 2 heterocycles. The molecule has 2 aromatic carbocycles. The van der Waals surface area contributed by atoms with E-state index in [-0.39, 0.29) is 17.5 Å². The minimum Gasteiger partial charge on any atom is -0.493 e. The molecule has 1 amide bonds. The van der Waals surface area contributed by atoms with E-state index in [1.807, 2.05) is 14.0 Å². The van der Waals surface area contributed by atoms with Crippen LogP contribution < -0.4 is 20.5 Å². The number of rotatable bonds is 5. The fourth-order valence-electron chi connectivity index (χ4n) is 4.54. The number of amides is 1. The van der Waals surface area contributed by atoms with Crippen molar-refractivity contribution in [2.75, 3.05) is 44.8 Å². The largest absolute Gasteiger partial charge is 0.493 e. The highest BCUT2D eigenvalue weighted by molar-refractivity contribution is 5.92. The lowest BCUT2D eigenvalue weighted by molar-refractivity contribution is -0.137. The molecule has 1 aliphatic heterocycles. The summed E-state index contributed by atoms with van der Waals surface area (Å²) in [5, 5.41) is 3.68. The van der Waals surface area contributed by atoms with E-state index in [0.717, 1.165) is 25.2 Å². The van der Waals surface area contributed by atoms with Crippen LogP contribution in [0.5, 0.6) is 11.5 Å². The predicted octanol–water partition coefficient (Wildman–Crippen LogP) is 4.86. The van der Waals surface area contributed by atoms with Crippen molar-refractivity contribution < 1.29 is 27.4 Å². The predicted molar refractivity (Wildman–Crippen MR) is 138 cm³/mol. The quantitative estimate of drug-likeness (QED) is 0.449. The van der Waals surface area contributed by atoms with E-state index in [4.69, 9.17) is 15.2 Å². The molecule has 1 aromatic heterocycles. The summed E-state index contributed by atoms with van der Waals surface area (Å²) in [7, 11) is 3.46. The van der Waals surface area contributed by atoms with Gasteiger partial charge in [-0.1, -0.05) is 0 Å². The number of nitrogen functional groups attached to an aromatic ring is 1. The molecule has 204 valence electrons. The molecule has 12 heteroatoms. The Kier molecular flexibility index (Phi) is 7.54. The summed E-state index contributed by atoms with van der Waals surface area (Å²) >= 11 is 0. The summed E-state index contributed by atoms with van der Waals surface area (Å²) < 4.78 is 51.2. The second-order valence-corrected chi connectivity index (χ2v) is 9.56. The number of anilines is 2. The molecule has 2 atom stereocenters. The van der Waals surface area contributed by atoms with Crippen molar-refractivity contribution in [3.8, 4) is 11.5 Å². The molecule has 0 bridgehead atoms. The lowest BCUT2D eigenvalue weighted by Gasteiger charge is -2.37. The Hall–Kier alpha value is -3.80. The molecule has 1 aliphatic rings. The maximum absolute atomic E-state index is 13.3. The molecule has 0 radical (unpaired) electrons. The Morgan fingerprint density at radius 1 is 1.16 bits per heavy atom. The van der Waals surface area contributed by atoms with Crippen LogP contribution in [-0.4, -0.2) is 65.7 Å². The van der Waals surface area contributed by atoms with Crippen molar-refractivity contribution in [2.24, 2.45) is 0 Å². The SMILES string of the molecule is COc1cc2nc(C)nc(N[C@H](C)c3cc(N)cc(C(F)(F)F)c3)c2cc1OC(=O)N1CCN(C)CC1C. The topological polar surface area (TPSA) is 106 Å². The number of nitrogens with one attached hydrogen (secondary N) is 1. The van der Waals surface area contributed by atoms with Gasteiger partial charge in [-0.05, 0) is 57.6 Å².